The van der Waals surface area contributed by atoms with Crippen molar-refractivity contribution in [2.75, 3.05) is 6.54 Å². The average Bonchev–Trinajstić information content (AvgIpc) is 2.71. The second kappa shape index (κ2) is 4.45. The molecule has 0 unspecified atom stereocenters. The summed E-state index contributed by atoms with van der Waals surface area (Å²) in [5.41, 5.74) is 8.82. The quantitative estimate of drug-likeness (QED) is 0.852. The lowest BCUT2D eigenvalue weighted by atomic mass is 10.0. The van der Waals surface area contributed by atoms with Crippen LogP contribution < -0.4 is 5.73 Å². The molecular weight excluding hydrogens is 202 g/mol. The van der Waals surface area contributed by atoms with Crippen molar-refractivity contribution in [3.63, 3.8) is 0 Å². The van der Waals surface area contributed by atoms with E-state index in [1.165, 1.54) is 11.1 Å². The fourth-order valence-corrected chi connectivity index (χ4v) is 1.57. The molecule has 16 heavy (non-hydrogen) atoms. The first kappa shape index (κ1) is 10.8. The molecule has 0 aliphatic rings. The Hall–Kier alpha value is -1.68. The predicted octanol–water partition coefficient (Wildman–Crippen LogP) is 1.85. The maximum Gasteiger partial charge on any atom is 0.248 e. The van der Waals surface area contributed by atoms with Gasteiger partial charge >= 0.3 is 0 Å². The van der Waals surface area contributed by atoms with E-state index in [-0.39, 0.29) is 0 Å². The van der Waals surface area contributed by atoms with E-state index in [9.17, 15) is 0 Å². The molecule has 0 fully saturated rings. The van der Waals surface area contributed by atoms with E-state index in [0.717, 1.165) is 5.56 Å². The Bertz CT molecular complexity index is 491. The van der Waals surface area contributed by atoms with Crippen molar-refractivity contribution in [1.82, 2.24) is 10.2 Å². The summed E-state index contributed by atoms with van der Waals surface area (Å²) in [6.45, 7) is 4.64. The third-order valence-corrected chi connectivity index (χ3v) is 2.66. The molecule has 4 heteroatoms. The second-order valence-electron chi connectivity index (χ2n) is 3.79. The molecule has 1 aromatic carbocycles. The van der Waals surface area contributed by atoms with Crippen molar-refractivity contribution in [2.24, 2.45) is 5.73 Å². The largest absolute Gasteiger partial charge is 0.421 e. The van der Waals surface area contributed by atoms with Gasteiger partial charge in [-0.2, -0.15) is 0 Å². The Morgan fingerprint density at radius 2 is 2.06 bits per heavy atom. The molecule has 2 aromatic rings. The number of nitrogens with two attached hydrogens (primary N) is 1. The molecule has 0 saturated heterocycles. The maximum atomic E-state index is 5.54. The van der Waals surface area contributed by atoms with Gasteiger partial charge < -0.3 is 10.2 Å². The van der Waals surface area contributed by atoms with Crippen LogP contribution in [0.25, 0.3) is 11.5 Å². The first-order valence-corrected chi connectivity index (χ1v) is 5.31. The van der Waals surface area contributed by atoms with Crippen LogP contribution in [-0.4, -0.2) is 16.7 Å². The minimum absolute atomic E-state index is 0.522. The smallest absolute Gasteiger partial charge is 0.248 e. The van der Waals surface area contributed by atoms with Gasteiger partial charge in [-0.1, -0.05) is 12.1 Å². The monoisotopic (exact) mass is 217 g/mol. The molecule has 4 nitrogen and oxygen atoms in total. The zero-order valence-electron chi connectivity index (χ0n) is 9.53. The maximum absolute atomic E-state index is 5.54. The average molecular weight is 217 g/mol. The first-order chi connectivity index (χ1) is 7.72. The molecule has 0 amide bonds. The zero-order valence-corrected chi connectivity index (χ0v) is 9.53. The lowest BCUT2D eigenvalue weighted by Crippen LogP contribution is -2.02. The molecule has 0 bridgehead atoms. The number of hydrogen-bond donors (Lipinski definition) is 1. The number of aryl methyl sites for hydroxylation is 1. The molecule has 0 aliphatic carbocycles. The van der Waals surface area contributed by atoms with E-state index >= 15 is 0 Å². The summed E-state index contributed by atoms with van der Waals surface area (Å²) in [5, 5.41) is 7.99. The number of aromatic nitrogens is 2. The van der Waals surface area contributed by atoms with E-state index in [0.29, 0.717) is 24.7 Å². The third-order valence-electron chi connectivity index (χ3n) is 2.66. The summed E-state index contributed by atoms with van der Waals surface area (Å²) in [6, 6.07) is 6.04. The molecule has 2 rings (SSSR count). The molecule has 0 spiro atoms. The van der Waals surface area contributed by atoms with Gasteiger partial charge in [0.25, 0.3) is 0 Å². The normalized spacial score (nSPS) is 10.7. The van der Waals surface area contributed by atoms with Gasteiger partial charge in [0.1, 0.15) is 0 Å². The summed E-state index contributed by atoms with van der Waals surface area (Å²) in [5.74, 6) is 1.17. The van der Waals surface area contributed by atoms with Gasteiger partial charge in [0, 0.05) is 18.5 Å². The van der Waals surface area contributed by atoms with Crippen molar-refractivity contribution < 1.29 is 4.42 Å². The fraction of sp³-hybridized carbons (Fsp3) is 0.333. The highest BCUT2D eigenvalue weighted by molar-refractivity contribution is 5.59. The summed E-state index contributed by atoms with van der Waals surface area (Å²) >= 11 is 0. The Labute approximate surface area is 94.5 Å². The molecule has 0 saturated carbocycles. The van der Waals surface area contributed by atoms with Crippen molar-refractivity contribution in [1.29, 1.82) is 0 Å². The molecule has 2 N–H and O–H groups in total. The second-order valence-corrected chi connectivity index (χ2v) is 3.79. The Kier molecular flexibility index (Phi) is 3.01. The number of benzene rings is 1. The Balaban J connectivity index is 2.39. The Morgan fingerprint density at radius 3 is 2.81 bits per heavy atom. The van der Waals surface area contributed by atoms with Crippen LogP contribution in [0.5, 0.6) is 0 Å². The molecule has 0 radical (unpaired) electrons. The predicted molar refractivity (Wildman–Crippen MR) is 62.0 cm³/mol. The number of nitrogens with zero attached hydrogens (tertiary/aromatic N) is 2. The van der Waals surface area contributed by atoms with Crippen LogP contribution in [0.3, 0.4) is 0 Å². The van der Waals surface area contributed by atoms with Gasteiger partial charge in [-0.15, -0.1) is 10.2 Å². The van der Waals surface area contributed by atoms with Gasteiger partial charge in [0.2, 0.25) is 11.8 Å². The van der Waals surface area contributed by atoms with Crippen molar-refractivity contribution >= 4 is 0 Å². The minimum Gasteiger partial charge on any atom is -0.421 e. The van der Waals surface area contributed by atoms with Crippen LogP contribution in [0, 0.1) is 13.8 Å². The lowest BCUT2D eigenvalue weighted by molar-refractivity contribution is 0.507. The molecule has 0 atom stereocenters. The highest BCUT2D eigenvalue weighted by Gasteiger charge is 2.10. The molecule has 0 aliphatic heterocycles. The van der Waals surface area contributed by atoms with Crippen molar-refractivity contribution in [2.45, 2.75) is 20.3 Å². The van der Waals surface area contributed by atoms with Crippen LogP contribution in [-0.2, 0) is 6.42 Å². The number of rotatable bonds is 3. The summed E-state index contributed by atoms with van der Waals surface area (Å²) < 4.78 is 5.54. The summed E-state index contributed by atoms with van der Waals surface area (Å²) in [6.07, 6.45) is 0.623. The van der Waals surface area contributed by atoms with E-state index < -0.39 is 0 Å². The summed E-state index contributed by atoms with van der Waals surface area (Å²) in [7, 11) is 0. The van der Waals surface area contributed by atoms with Gasteiger partial charge in [0.05, 0.1) is 0 Å². The highest BCUT2D eigenvalue weighted by Crippen LogP contribution is 2.24. The molecule has 1 heterocycles. The van der Waals surface area contributed by atoms with Gasteiger partial charge in [-0.3, -0.25) is 0 Å². The van der Waals surface area contributed by atoms with E-state index in [1.807, 2.05) is 12.1 Å². The van der Waals surface area contributed by atoms with E-state index in [2.05, 4.69) is 30.1 Å². The lowest BCUT2D eigenvalue weighted by Gasteiger charge is -2.03. The highest BCUT2D eigenvalue weighted by atomic mass is 16.4. The summed E-state index contributed by atoms with van der Waals surface area (Å²) in [4.78, 5) is 0. The standard InChI is InChI=1S/C12H15N3O/c1-8-4-3-5-10(9(8)2)12-15-14-11(16-12)6-7-13/h3-5H,6-7,13H2,1-2H3. The minimum atomic E-state index is 0.522. The van der Waals surface area contributed by atoms with Crippen molar-refractivity contribution in [3.8, 4) is 11.5 Å². The van der Waals surface area contributed by atoms with Crippen LogP contribution in [0.1, 0.15) is 17.0 Å². The molecular formula is C12H15N3O. The number of hydrogen-bond acceptors (Lipinski definition) is 4. The van der Waals surface area contributed by atoms with Crippen LogP contribution in [0.2, 0.25) is 0 Å². The van der Waals surface area contributed by atoms with E-state index in [1.54, 1.807) is 0 Å². The fourth-order valence-electron chi connectivity index (χ4n) is 1.57. The van der Waals surface area contributed by atoms with Crippen LogP contribution in [0.15, 0.2) is 22.6 Å². The van der Waals surface area contributed by atoms with Crippen molar-refractivity contribution in [3.05, 3.63) is 35.2 Å². The third kappa shape index (κ3) is 1.97. The molecule has 84 valence electrons. The van der Waals surface area contributed by atoms with E-state index in [4.69, 9.17) is 10.2 Å². The Morgan fingerprint density at radius 1 is 1.25 bits per heavy atom. The van der Waals surface area contributed by atoms with Gasteiger partial charge in [-0.25, -0.2) is 0 Å². The topological polar surface area (TPSA) is 64.9 Å². The zero-order chi connectivity index (χ0) is 11.5. The van der Waals surface area contributed by atoms with Crippen LogP contribution >= 0.6 is 0 Å². The van der Waals surface area contributed by atoms with Gasteiger partial charge in [0.15, 0.2) is 0 Å². The van der Waals surface area contributed by atoms with Gasteiger partial charge in [-0.05, 0) is 31.0 Å². The molecule has 1 aromatic heterocycles. The first-order valence-electron chi connectivity index (χ1n) is 5.31. The SMILES string of the molecule is Cc1cccc(-c2nnc(CCN)o2)c1C. The van der Waals surface area contributed by atoms with Crippen LogP contribution in [0.4, 0.5) is 0 Å².